The van der Waals surface area contributed by atoms with Crippen LogP contribution in [0.4, 0.5) is 0 Å². The van der Waals surface area contributed by atoms with Crippen molar-refractivity contribution in [2.75, 3.05) is 0 Å². The molecular weight excluding hydrogens is 218 g/mol. The Morgan fingerprint density at radius 2 is 2.18 bits per heavy atom. The van der Waals surface area contributed by atoms with Crippen molar-refractivity contribution in [2.24, 2.45) is 11.3 Å². The van der Waals surface area contributed by atoms with E-state index in [1.165, 1.54) is 0 Å². The van der Waals surface area contributed by atoms with Crippen molar-refractivity contribution in [1.82, 2.24) is 14.8 Å². The minimum Gasteiger partial charge on any atom is -0.481 e. The molecule has 0 bridgehead atoms. The second kappa shape index (κ2) is 5.29. The maximum Gasteiger partial charge on any atom is 0.303 e. The highest BCUT2D eigenvalue weighted by Gasteiger charge is 2.24. The van der Waals surface area contributed by atoms with E-state index in [1.807, 2.05) is 18.4 Å². The number of carboxylic acids is 1. The molecule has 0 aliphatic heterocycles. The van der Waals surface area contributed by atoms with E-state index in [0.29, 0.717) is 12.3 Å². The molecule has 0 spiro atoms. The maximum absolute atomic E-state index is 10.8. The Morgan fingerprint density at radius 1 is 1.53 bits per heavy atom. The van der Waals surface area contributed by atoms with E-state index in [4.69, 9.17) is 5.11 Å². The van der Waals surface area contributed by atoms with Gasteiger partial charge in [-0.1, -0.05) is 27.7 Å². The number of aromatic nitrogens is 3. The van der Waals surface area contributed by atoms with Gasteiger partial charge in [-0.05, 0) is 11.3 Å². The number of carbonyl (C=O) groups is 1. The summed E-state index contributed by atoms with van der Waals surface area (Å²) in [4.78, 5) is 10.8. The number of aliphatic carboxylic acids is 1. The molecule has 0 radical (unpaired) electrons. The molecule has 17 heavy (non-hydrogen) atoms. The van der Waals surface area contributed by atoms with Gasteiger partial charge in [-0.25, -0.2) is 0 Å². The molecule has 1 heterocycles. The Morgan fingerprint density at radius 3 is 2.71 bits per heavy atom. The summed E-state index contributed by atoms with van der Waals surface area (Å²) in [6.07, 6.45) is 2.49. The first-order chi connectivity index (χ1) is 7.80. The third-order valence-electron chi connectivity index (χ3n) is 2.52. The molecule has 0 saturated heterocycles. The number of carboxylic acid groups (broad SMARTS) is 1. The van der Waals surface area contributed by atoms with Crippen molar-refractivity contribution in [3.05, 3.63) is 12.2 Å². The highest BCUT2D eigenvalue weighted by Crippen LogP contribution is 2.25. The number of hydrogen-bond donors (Lipinski definition) is 1. The molecule has 5 heteroatoms. The quantitative estimate of drug-likeness (QED) is 0.824. The van der Waals surface area contributed by atoms with Gasteiger partial charge in [0.05, 0.1) is 6.42 Å². The Balaban J connectivity index is 2.74. The van der Waals surface area contributed by atoms with E-state index in [9.17, 15) is 4.79 Å². The lowest BCUT2D eigenvalue weighted by Crippen LogP contribution is -2.22. The van der Waals surface area contributed by atoms with E-state index in [0.717, 1.165) is 12.4 Å². The lowest BCUT2D eigenvalue weighted by atomic mass is 9.85. The van der Waals surface area contributed by atoms with Crippen LogP contribution in [0.2, 0.25) is 0 Å². The fourth-order valence-electron chi connectivity index (χ4n) is 1.86. The summed E-state index contributed by atoms with van der Waals surface area (Å²) in [6, 6.07) is 0. The molecule has 5 nitrogen and oxygen atoms in total. The van der Waals surface area contributed by atoms with Gasteiger partial charge in [0.15, 0.2) is 0 Å². The number of rotatable bonds is 6. The maximum atomic E-state index is 10.8. The molecule has 1 aromatic heterocycles. The summed E-state index contributed by atoms with van der Waals surface area (Å²) in [5.74, 6) is 0.613. The van der Waals surface area contributed by atoms with Crippen molar-refractivity contribution in [3.63, 3.8) is 0 Å². The number of nitrogens with zero attached hydrogens (tertiary/aromatic N) is 3. The molecule has 0 fully saturated rings. The van der Waals surface area contributed by atoms with Crippen LogP contribution >= 0.6 is 0 Å². The first kappa shape index (κ1) is 13.7. The van der Waals surface area contributed by atoms with Crippen LogP contribution in [0.5, 0.6) is 0 Å². The van der Waals surface area contributed by atoms with Gasteiger partial charge in [0, 0.05) is 13.0 Å². The summed E-state index contributed by atoms with van der Waals surface area (Å²) in [5.41, 5.74) is -0.298. The van der Waals surface area contributed by atoms with Crippen LogP contribution in [-0.2, 0) is 17.8 Å². The standard InChI is InChI=1S/C12H21N3O2/c1-9(2)7-15-8-13-14-10(15)5-12(3,4)6-11(16)17/h8-9H,5-7H2,1-4H3,(H,16,17). The highest BCUT2D eigenvalue weighted by atomic mass is 16.4. The van der Waals surface area contributed by atoms with Crippen LogP contribution < -0.4 is 0 Å². The van der Waals surface area contributed by atoms with Gasteiger partial charge in [0.25, 0.3) is 0 Å². The van der Waals surface area contributed by atoms with Crippen LogP contribution in [-0.4, -0.2) is 25.8 Å². The minimum absolute atomic E-state index is 0.140. The summed E-state index contributed by atoms with van der Waals surface area (Å²) < 4.78 is 2.01. The van der Waals surface area contributed by atoms with Crippen molar-refractivity contribution in [3.8, 4) is 0 Å². The van der Waals surface area contributed by atoms with Crippen LogP contribution in [0, 0.1) is 11.3 Å². The lowest BCUT2D eigenvalue weighted by molar-refractivity contribution is -0.139. The van der Waals surface area contributed by atoms with Crippen molar-refractivity contribution < 1.29 is 9.90 Å². The van der Waals surface area contributed by atoms with E-state index >= 15 is 0 Å². The van der Waals surface area contributed by atoms with Crippen LogP contribution in [0.1, 0.15) is 39.9 Å². The average Bonchev–Trinajstić information content (AvgIpc) is 2.48. The molecule has 1 aromatic rings. The van der Waals surface area contributed by atoms with E-state index in [-0.39, 0.29) is 11.8 Å². The van der Waals surface area contributed by atoms with Crippen molar-refractivity contribution in [1.29, 1.82) is 0 Å². The van der Waals surface area contributed by atoms with Crippen LogP contribution in [0.15, 0.2) is 6.33 Å². The molecule has 0 aromatic carbocycles. The van der Waals surface area contributed by atoms with Crippen molar-refractivity contribution >= 4 is 5.97 Å². The molecule has 0 aliphatic carbocycles. The largest absolute Gasteiger partial charge is 0.481 e. The second-order valence-electron chi connectivity index (χ2n) is 5.70. The smallest absolute Gasteiger partial charge is 0.303 e. The van der Waals surface area contributed by atoms with Crippen molar-refractivity contribution in [2.45, 2.75) is 47.1 Å². The molecule has 0 aliphatic rings. The van der Waals surface area contributed by atoms with Gasteiger partial charge in [0.2, 0.25) is 0 Å². The third-order valence-corrected chi connectivity index (χ3v) is 2.52. The Kier molecular flexibility index (Phi) is 4.26. The first-order valence-electron chi connectivity index (χ1n) is 5.88. The van der Waals surface area contributed by atoms with Gasteiger partial charge in [-0.3, -0.25) is 4.79 Å². The molecule has 0 amide bonds. The lowest BCUT2D eigenvalue weighted by Gasteiger charge is -2.22. The predicted octanol–water partition coefficient (Wildman–Crippen LogP) is 1.98. The zero-order valence-electron chi connectivity index (χ0n) is 11.0. The summed E-state index contributed by atoms with van der Waals surface area (Å²) in [6.45, 7) is 9.01. The monoisotopic (exact) mass is 239 g/mol. The summed E-state index contributed by atoms with van der Waals surface area (Å²) in [5, 5.41) is 16.8. The molecule has 96 valence electrons. The number of hydrogen-bond acceptors (Lipinski definition) is 3. The van der Waals surface area contributed by atoms with Gasteiger partial charge in [-0.2, -0.15) is 0 Å². The predicted molar refractivity (Wildman–Crippen MR) is 64.6 cm³/mol. The zero-order valence-corrected chi connectivity index (χ0v) is 11.0. The molecular formula is C12H21N3O2. The van der Waals surface area contributed by atoms with Gasteiger partial charge in [-0.15, -0.1) is 10.2 Å². The van der Waals surface area contributed by atoms with E-state index in [1.54, 1.807) is 6.33 Å². The Bertz CT molecular complexity index is 383. The Hall–Kier alpha value is -1.39. The first-order valence-corrected chi connectivity index (χ1v) is 5.88. The fraction of sp³-hybridized carbons (Fsp3) is 0.750. The van der Waals surface area contributed by atoms with Crippen LogP contribution in [0.25, 0.3) is 0 Å². The summed E-state index contributed by atoms with van der Waals surface area (Å²) in [7, 11) is 0. The summed E-state index contributed by atoms with van der Waals surface area (Å²) >= 11 is 0. The highest BCUT2D eigenvalue weighted by molar-refractivity contribution is 5.67. The van der Waals surface area contributed by atoms with Gasteiger partial charge in [0.1, 0.15) is 12.2 Å². The molecule has 1 rings (SSSR count). The molecule has 0 unspecified atom stereocenters. The normalized spacial score (nSPS) is 12.1. The molecule has 1 N–H and O–H groups in total. The third kappa shape index (κ3) is 4.54. The SMILES string of the molecule is CC(C)Cn1cnnc1CC(C)(C)CC(=O)O. The van der Waals surface area contributed by atoms with Gasteiger partial charge >= 0.3 is 5.97 Å². The van der Waals surface area contributed by atoms with E-state index < -0.39 is 5.97 Å². The van der Waals surface area contributed by atoms with Gasteiger partial charge < -0.3 is 9.67 Å². The van der Waals surface area contributed by atoms with Crippen LogP contribution in [0.3, 0.4) is 0 Å². The average molecular weight is 239 g/mol. The second-order valence-corrected chi connectivity index (χ2v) is 5.70. The topological polar surface area (TPSA) is 68.0 Å². The van der Waals surface area contributed by atoms with E-state index in [2.05, 4.69) is 24.0 Å². The Labute approximate surface area is 102 Å². The molecule has 0 atom stereocenters. The zero-order chi connectivity index (χ0) is 13.1. The fourth-order valence-corrected chi connectivity index (χ4v) is 1.86. The molecule has 0 saturated carbocycles. The minimum atomic E-state index is -0.773.